The highest BCUT2D eigenvalue weighted by atomic mass is 35.5. The van der Waals surface area contributed by atoms with E-state index in [9.17, 15) is 9.90 Å². The number of carbonyl (C=O) groups is 1. The molecule has 2 aliphatic rings. The van der Waals surface area contributed by atoms with Crippen molar-refractivity contribution in [2.75, 3.05) is 32.7 Å². The Morgan fingerprint density at radius 3 is 2.30 bits per heavy atom. The molecular weight excluding hydrogens is 335 g/mol. The van der Waals surface area contributed by atoms with Crippen LogP contribution >= 0.6 is 24.8 Å². The Hall–Kier alpha value is -0.650. The summed E-state index contributed by atoms with van der Waals surface area (Å²) < 4.78 is 0. The highest BCUT2D eigenvalue weighted by Gasteiger charge is 2.47. The van der Waals surface area contributed by atoms with Gasteiger partial charge in [-0.2, -0.15) is 0 Å². The standard InChI is InChI=1S/C17H24N2O2.2ClH/c20-16(13-19-11-9-18-10-12-19)17(21,15-7-4-8-15)14-5-2-1-3-6-14;;/h1-3,5-6,15,18,21H,4,7-13H2;2*1H. The fourth-order valence-corrected chi connectivity index (χ4v) is 3.34. The molecule has 1 heterocycles. The van der Waals surface area contributed by atoms with Crippen molar-refractivity contribution >= 4 is 30.6 Å². The van der Waals surface area contributed by atoms with E-state index in [1.54, 1.807) is 0 Å². The second-order valence-electron chi connectivity index (χ2n) is 6.21. The summed E-state index contributed by atoms with van der Waals surface area (Å²) >= 11 is 0. The first-order valence-electron chi connectivity index (χ1n) is 7.95. The molecule has 4 nitrogen and oxygen atoms in total. The number of aliphatic hydroxyl groups is 1. The van der Waals surface area contributed by atoms with Crippen molar-refractivity contribution in [2.45, 2.75) is 24.9 Å². The molecule has 3 rings (SSSR count). The normalized spacial score (nSPS) is 21.3. The largest absolute Gasteiger partial charge is 0.377 e. The van der Waals surface area contributed by atoms with Gasteiger partial charge in [-0.25, -0.2) is 0 Å². The third kappa shape index (κ3) is 4.25. The lowest BCUT2D eigenvalue weighted by molar-refractivity contribution is -0.151. The first kappa shape index (κ1) is 20.4. The summed E-state index contributed by atoms with van der Waals surface area (Å²) in [4.78, 5) is 15.0. The van der Waals surface area contributed by atoms with Crippen LogP contribution in [0.2, 0.25) is 0 Å². The van der Waals surface area contributed by atoms with Gasteiger partial charge in [0.1, 0.15) is 0 Å². The SMILES string of the molecule is Cl.Cl.O=C(CN1CCNCC1)C(O)(c1ccccc1)C1CCC1. The van der Waals surface area contributed by atoms with Crippen LogP contribution in [0.3, 0.4) is 0 Å². The summed E-state index contributed by atoms with van der Waals surface area (Å²) in [5.41, 5.74) is -0.542. The molecule has 1 aromatic rings. The van der Waals surface area contributed by atoms with Gasteiger partial charge in [-0.3, -0.25) is 9.69 Å². The minimum atomic E-state index is -1.30. The van der Waals surface area contributed by atoms with Crippen LogP contribution in [-0.4, -0.2) is 48.5 Å². The predicted molar refractivity (Wildman–Crippen MR) is 96.5 cm³/mol. The quantitative estimate of drug-likeness (QED) is 0.842. The molecule has 0 bridgehead atoms. The summed E-state index contributed by atoms with van der Waals surface area (Å²) in [5, 5.41) is 14.5. The van der Waals surface area contributed by atoms with Crippen molar-refractivity contribution in [1.82, 2.24) is 10.2 Å². The van der Waals surface area contributed by atoms with Crippen LogP contribution in [0, 0.1) is 5.92 Å². The number of Topliss-reactive ketones (excluding diaryl/α,β-unsaturated/α-hetero) is 1. The number of hydrogen-bond donors (Lipinski definition) is 2. The number of ketones is 1. The smallest absolute Gasteiger partial charge is 0.183 e. The first-order valence-corrected chi connectivity index (χ1v) is 7.95. The van der Waals surface area contributed by atoms with Gasteiger partial charge in [0.15, 0.2) is 11.4 Å². The molecule has 6 heteroatoms. The molecule has 1 saturated carbocycles. The molecule has 1 aliphatic carbocycles. The van der Waals surface area contributed by atoms with E-state index in [4.69, 9.17) is 0 Å². The van der Waals surface area contributed by atoms with Crippen molar-refractivity contribution in [3.05, 3.63) is 35.9 Å². The summed E-state index contributed by atoms with van der Waals surface area (Å²) in [6.07, 6.45) is 3.00. The van der Waals surface area contributed by atoms with Crippen LogP contribution in [-0.2, 0) is 10.4 Å². The third-order valence-electron chi connectivity index (χ3n) is 4.91. The van der Waals surface area contributed by atoms with Gasteiger partial charge in [0.05, 0.1) is 6.54 Å². The average molecular weight is 361 g/mol. The Morgan fingerprint density at radius 1 is 1.17 bits per heavy atom. The number of nitrogens with one attached hydrogen (secondary N) is 1. The molecule has 23 heavy (non-hydrogen) atoms. The van der Waals surface area contributed by atoms with Gasteiger partial charge in [0.2, 0.25) is 0 Å². The minimum Gasteiger partial charge on any atom is -0.377 e. The number of carbonyl (C=O) groups excluding carboxylic acids is 1. The number of benzene rings is 1. The van der Waals surface area contributed by atoms with Gasteiger partial charge in [-0.15, -0.1) is 24.8 Å². The Labute approximate surface area is 150 Å². The maximum atomic E-state index is 12.9. The monoisotopic (exact) mass is 360 g/mol. The molecule has 0 radical (unpaired) electrons. The third-order valence-corrected chi connectivity index (χ3v) is 4.91. The second-order valence-corrected chi connectivity index (χ2v) is 6.21. The molecule has 0 spiro atoms. The van der Waals surface area contributed by atoms with Gasteiger partial charge >= 0.3 is 0 Å². The molecule has 2 fully saturated rings. The molecule has 1 atom stereocenters. The van der Waals surface area contributed by atoms with Crippen molar-refractivity contribution < 1.29 is 9.90 Å². The van der Waals surface area contributed by atoms with E-state index < -0.39 is 5.60 Å². The number of hydrogen-bond acceptors (Lipinski definition) is 4. The number of piperazine rings is 1. The van der Waals surface area contributed by atoms with E-state index in [0.717, 1.165) is 51.0 Å². The molecule has 1 aliphatic heterocycles. The zero-order valence-corrected chi connectivity index (χ0v) is 14.9. The van der Waals surface area contributed by atoms with E-state index in [2.05, 4.69) is 10.2 Å². The van der Waals surface area contributed by atoms with E-state index in [-0.39, 0.29) is 36.5 Å². The Kier molecular flexibility index (Phi) is 7.98. The molecule has 0 amide bonds. The van der Waals surface area contributed by atoms with Gasteiger partial charge in [-0.1, -0.05) is 36.8 Å². The molecule has 0 aromatic heterocycles. The van der Waals surface area contributed by atoms with Crippen LogP contribution in [0.1, 0.15) is 24.8 Å². The maximum Gasteiger partial charge on any atom is 0.183 e. The number of nitrogens with zero attached hydrogens (tertiary/aromatic N) is 1. The highest BCUT2D eigenvalue weighted by Crippen LogP contribution is 2.43. The minimum absolute atomic E-state index is 0. The Bertz CT molecular complexity index is 491. The van der Waals surface area contributed by atoms with E-state index in [1.165, 1.54) is 0 Å². The molecule has 1 saturated heterocycles. The summed E-state index contributed by atoms with van der Waals surface area (Å²) in [6, 6.07) is 9.49. The Balaban J connectivity index is 0.00000132. The van der Waals surface area contributed by atoms with E-state index in [1.807, 2.05) is 30.3 Å². The first-order chi connectivity index (χ1) is 10.2. The van der Waals surface area contributed by atoms with Crippen LogP contribution in [0.15, 0.2) is 30.3 Å². The van der Waals surface area contributed by atoms with Gasteiger partial charge in [0, 0.05) is 26.2 Å². The Morgan fingerprint density at radius 2 is 1.78 bits per heavy atom. The van der Waals surface area contributed by atoms with Crippen LogP contribution < -0.4 is 5.32 Å². The van der Waals surface area contributed by atoms with Gasteiger partial charge in [0.25, 0.3) is 0 Å². The van der Waals surface area contributed by atoms with E-state index in [0.29, 0.717) is 6.54 Å². The van der Waals surface area contributed by atoms with Crippen molar-refractivity contribution in [2.24, 2.45) is 5.92 Å². The number of halogens is 2. The lowest BCUT2D eigenvalue weighted by atomic mass is 9.67. The summed E-state index contributed by atoms with van der Waals surface area (Å²) in [5.74, 6) is 0.0376. The fourth-order valence-electron chi connectivity index (χ4n) is 3.34. The fraction of sp³-hybridized carbons (Fsp3) is 0.588. The predicted octanol–water partition coefficient (Wildman–Crippen LogP) is 1.99. The van der Waals surface area contributed by atoms with Crippen molar-refractivity contribution in [3.8, 4) is 0 Å². The van der Waals surface area contributed by atoms with Gasteiger partial charge in [-0.05, 0) is 24.3 Å². The molecule has 1 aromatic carbocycles. The molecular formula is C17H26Cl2N2O2. The lowest BCUT2D eigenvalue weighted by Gasteiger charge is -2.42. The van der Waals surface area contributed by atoms with E-state index >= 15 is 0 Å². The molecule has 2 N–H and O–H groups in total. The van der Waals surface area contributed by atoms with Crippen LogP contribution in [0.25, 0.3) is 0 Å². The summed E-state index contributed by atoms with van der Waals surface area (Å²) in [6.45, 7) is 3.94. The highest BCUT2D eigenvalue weighted by molar-refractivity contribution is 5.90. The van der Waals surface area contributed by atoms with Crippen molar-refractivity contribution in [3.63, 3.8) is 0 Å². The van der Waals surface area contributed by atoms with Crippen LogP contribution in [0.5, 0.6) is 0 Å². The molecule has 1 unspecified atom stereocenters. The lowest BCUT2D eigenvalue weighted by Crippen LogP contribution is -2.53. The topological polar surface area (TPSA) is 52.6 Å². The maximum absolute atomic E-state index is 12.9. The second kappa shape index (κ2) is 9.00. The zero-order valence-electron chi connectivity index (χ0n) is 13.2. The number of rotatable bonds is 5. The molecule has 130 valence electrons. The zero-order chi connectivity index (χ0) is 14.7. The summed E-state index contributed by atoms with van der Waals surface area (Å²) in [7, 11) is 0. The average Bonchev–Trinajstić information content (AvgIpc) is 2.47. The van der Waals surface area contributed by atoms with Crippen molar-refractivity contribution in [1.29, 1.82) is 0 Å². The van der Waals surface area contributed by atoms with Gasteiger partial charge < -0.3 is 10.4 Å². The van der Waals surface area contributed by atoms with Crippen LogP contribution in [0.4, 0.5) is 0 Å².